The summed E-state index contributed by atoms with van der Waals surface area (Å²) in [6, 6.07) is 7.12. The van der Waals surface area contributed by atoms with Crippen molar-refractivity contribution in [3.05, 3.63) is 34.3 Å². The first kappa shape index (κ1) is 13.3. The number of carboxylic acids is 1. The summed E-state index contributed by atoms with van der Waals surface area (Å²) in [5.74, 6) is -1.76. The molecule has 2 rings (SSSR count). The number of ketones is 1. The lowest BCUT2D eigenvalue weighted by molar-refractivity contribution is -0.144. The average Bonchev–Trinajstić information content (AvgIpc) is 2.39. The van der Waals surface area contributed by atoms with E-state index >= 15 is 0 Å². The van der Waals surface area contributed by atoms with E-state index in [0.717, 1.165) is 17.3 Å². The van der Waals surface area contributed by atoms with E-state index in [1.54, 1.807) is 12.1 Å². The zero-order valence-corrected chi connectivity index (χ0v) is 11.5. The summed E-state index contributed by atoms with van der Waals surface area (Å²) in [5.41, 5.74) is 0.608. The topological polar surface area (TPSA) is 54.4 Å². The van der Waals surface area contributed by atoms with Crippen molar-refractivity contribution in [3.63, 3.8) is 0 Å². The maximum atomic E-state index is 12.3. The molecule has 1 saturated carbocycles. The zero-order chi connectivity index (χ0) is 13.1. The maximum absolute atomic E-state index is 12.3. The van der Waals surface area contributed by atoms with Crippen LogP contribution in [0.25, 0.3) is 0 Å². The van der Waals surface area contributed by atoms with Crippen molar-refractivity contribution >= 4 is 27.7 Å². The Morgan fingerprint density at radius 3 is 2.17 bits per heavy atom. The summed E-state index contributed by atoms with van der Waals surface area (Å²) in [4.78, 5) is 23.5. The Morgan fingerprint density at radius 2 is 1.61 bits per heavy atom. The molecule has 0 aromatic heterocycles. The van der Waals surface area contributed by atoms with Crippen LogP contribution >= 0.6 is 15.9 Å². The Hall–Kier alpha value is -1.16. The van der Waals surface area contributed by atoms with Gasteiger partial charge in [-0.15, -0.1) is 0 Å². The molecule has 2 atom stereocenters. The lowest BCUT2D eigenvalue weighted by atomic mass is 9.75. The van der Waals surface area contributed by atoms with Crippen molar-refractivity contribution in [1.82, 2.24) is 0 Å². The van der Waals surface area contributed by atoms with E-state index in [9.17, 15) is 14.7 Å². The van der Waals surface area contributed by atoms with Crippen LogP contribution in [0, 0.1) is 11.8 Å². The van der Waals surface area contributed by atoms with E-state index in [4.69, 9.17) is 0 Å². The van der Waals surface area contributed by atoms with Crippen LogP contribution in [-0.2, 0) is 4.79 Å². The molecule has 0 heterocycles. The van der Waals surface area contributed by atoms with Gasteiger partial charge in [0.2, 0.25) is 0 Å². The van der Waals surface area contributed by atoms with Gasteiger partial charge in [0, 0.05) is 16.0 Å². The Kier molecular flexibility index (Phi) is 4.17. The highest BCUT2D eigenvalue weighted by Gasteiger charge is 2.35. The van der Waals surface area contributed by atoms with Gasteiger partial charge in [-0.2, -0.15) is 0 Å². The summed E-state index contributed by atoms with van der Waals surface area (Å²) < 4.78 is 0.914. The first-order chi connectivity index (χ1) is 8.59. The summed E-state index contributed by atoms with van der Waals surface area (Å²) in [6.45, 7) is 0. The van der Waals surface area contributed by atoms with Gasteiger partial charge < -0.3 is 5.11 Å². The number of aliphatic carboxylic acids is 1. The third-order valence-corrected chi connectivity index (χ3v) is 4.08. The predicted molar refractivity (Wildman–Crippen MR) is 71.6 cm³/mol. The molecule has 0 aliphatic heterocycles. The number of halogens is 1. The molecule has 1 aromatic rings. The Morgan fingerprint density at radius 1 is 1.06 bits per heavy atom. The molecule has 3 nitrogen and oxygen atoms in total. The molecule has 0 radical (unpaired) electrons. The molecule has 1 N–H and O–H groups in total. The van der Waals surface area contributed by atoms with Crippen molar-refractivity contribution in [2.45, 2.75) is 25.7 Å². The molecule has 1 aromatic carbocycles. The number of hydrogen-bond donors (Lipinski definition) is 1. The monoisotopic (exact) mass is 310 g/mol. The third-order valence-electron chi connectivity index (χ3n) is 3.55. The van der Waals surface area contributed by atoms with Gasteiger partial charge in [-0.1, -0.05) is 40.9 Å². The Balaban J connectivity index is 2.20. The van der Waals surface area contributed by atoms with Crippen LogP contribution in [0.15, 0.2) is 28.7 Å². The third kappa shape index (κ3) is 2.80. The second-order valence-electron chi connectivity index (χ2n) is 4.71. The van der Waals surface area contributed by atoms with E-state index in [0.29, 0.717) is 18.4 Å². The van der Waals surface area contributed by atoms with E-state index < -0.39 is 11.9 Å². The highest BCUT2D eigenvalue weighted by atomic mass is 79.9. The molecular weight excluding hydrogens is 296 g/mol. The normalized spacial score (nSPS) is 23.6. The molecule has 96 valence electrons. The van der Waals surface area contributed by atoms with Crippen LogP contribution in [0.2, 0.25) is 0 Å². The molecule has 0 saturated heterocycles. The molecule has 0 unspecified atom stereocenters. The molecule has 18 heavy (non-hydrogen) atoms. The predicted octanol–water partition coefficient (Wildman–Crippen LogP) is 3.52. The fourth-order valence-electron chi connectivity index (χ4n) is 2.57. The molecule has 0 bridgehead atoms. The van der Waals surface area contributed by atoms with Crippen LogP contribution in [0.1, 0.15) is 36.0 Å². The lowest BCUT2D eigenvalue weighted by Crippen LogP contribution is -2.32. The van der Waals surface area contributed by atoms with Gasteiger partial charge in [-0.05, 0) is 25.0 Å². The smallest absolute Gasteiger partial charge is 0.307 e. The van der Waals surface area contributed by atoms with Crippen molar-refractivity contribution in [1.29, 1.82) is 0 Å². The molecule has 1 fully saturated rings. The standard InChI is InChI=1S/C14H15BrO3/c15-10-7-5-9(6-8-10)13(16)11-3-1-2-4-12(11)14(17)18/h5-8,11-12H,1-4H2,(H,17,18)/t11-,12+/m1/s1. The second-order valence-corrected chi connectivity index (χ2v) is 5.62. The number of hydrogen-bond acceptors (Lipinski definition) is 2. The van der Waals surface area contributed by atoms with Crippen LogP contribution in [0.5, 0.6) is 0 Å². The number of carbonyl (C=O) groups is 2. The molecule has 1 aliphatic carbocycles. The number of Topliss-reactive ketones (excluding diaryl/α,β-unsaturated/α-hetero) is 1. The molecular formula is C14H15BrO3. The molecule has 4 heteroatoms. The summed E-state index contributed by atoms with van der Waals surface area (Å²) in [6.07, 6.45) is 3.14. The maximum Gasteiger partial charge on any atom is 0.307 e. The van der Waals surface area contributed by atoms with Crippen molar-refractivity contribution in [2.24, 2.45) is 11.8 Å². The van der Waals surface area contributed by atoms with Gasteiger partial charge in [0.1, 0.15) is 0 Å². The SMILES string of the molecule is O=C(O)[C@H]1CCCC[C@H]1C(=O)c1ccc(Br)cc1. The van der Waals surface area contributed by atoms with Gasteiger partial charge in [0.05, 0.1) is 5.92 Å². The minimum Gasteiger partial charge on any atom is -0.481 e. The van der Waals surface area contributed by atoms with Gasteiger partial charge >= 0.3 is 5.97 Å². The van der Waals surface area contributed by atoms with Gasteiger partial charge in [-0.25, -0.2) is 0 Å². The van der Waals surface area contributed by atoms with Crippen LogP contribution in [0.3, 0.4) is 0 Å². The molecule has 0 amide bonds. The fourth-order valence-corrected chi connectivity index (χ4v) is 2.83. The van der Waals surface area contributed by atoms with Gasteiger partial charge in [0.15, 0.2) is 5.78 Å². The van der Waals surface area contributed by atoms with Crippen molar-refractivity contribution < 1.29 is 14.7 Å². The van der Waals surface area contributed by atoms with Gasteiger partial charge in [-0.3, -0.25) is 9.59 Å². The Labute approximate surface area is 114 Å². The van der Waals surface area contributed by atoms with Crippen LogP contribution < -0.4 is 0 Å². The lowest BCUT2D eigenvalue weighted by Gasteiger charge is -2.27. The fraction of sp³-hybridized carbons (Fsp3) is 0.429. The molecule has 0 spiro atoms. The van der Waals surface area contributed by atoms with Crippen molar-refractivity contribution in [3.8, 4) is 0 Å². The van der Waals surface area contributed by atoms with Crippen LogP contribution in [-0.4, -0.2) is 16.9 Å². The highest BCUT2D eigenvalue weighted by molar-refractivity contribution is 9.10. The number of carbonyl (C=O) groups excluding carboxylic acids is 1. The minimum atomic E-state index is -0.842. The molecule has 1 aliphatic rings. The quantitative estimate of drug-likeness (QED) is 0.869. The van der Waals surface area contributed by atoms with E-state index in [1.165, 1.54) is 0 Å². The number of rotatable bonds is 3. The highest BCUT2D eigenvalue weighted by Crippen LogP contribution is 2.33. The van der Waals surface area contributed by atoms with E-state index in [-0.39, 0.29) is 11.7 Å². The largest absolute Gasteiger partial charge is 0.481 e. The Bertz CT molecular complexity index is 453. The number of carboxylic acid groups (broad SMARTS) is 1. The minimum absolute atomic E-state index is 0.0328. The van der Waals surface area contributed by atoms with Gasteiger partial charge in [0.25, 0.3) is 0 Å². The van der Waals surface area contributed by atoms with E-state index in [1.807, 2.05) is 12.1 Å². The summed E-state index contributed by atoms with van der Waals surface area (Å²) >= 11 is 3.32. The van der Waals surface area contributed by atoms with E-state index in [2.05, 4.69) is 15.9 Å². The van der Waals surface area contributed by atoms with Crippen molar-refractivity contribution in [2.75, 3.05) is 0 Å². The summed E-state index contributed by atoms with van der Waals surface area (Å²) in [7, 11) is 0. The second kappa shape index (κ2) is 5.65. The van der Waals surface area contributed by atoms with Crippen LogP contribution in [0.4, 0.5) is 0 Å². The average molecular weight is 311 g/mol. The number of benzene rings is 1. The zero-order valence-electron chi connectivity index (χ0n) is 9.93. The first-order valence-corrected chi connectivity index (χ1v) is 6.91. The summed E-state index contributed by atoms with van der Waals surface area (Å²) in [5, 5.41) is 9.19. The first-order valence-electron chi connectivity index (χ1n) is 6.12.